The third kappa shape index (κ3) is 3.38. The average molecular weight is 318 g/mol. The first kappa shape index (κ1) is 16.3. The van der Waals surface area contributed by atoms with Gasteiger partial charge in [-0.05, 0) is 17.7 Å². The molecule has 2 unspecified atom stereocenters. The van der Waals surface area contributed by atoms with Crippen LogP contribution in [0.2, 0.25) is 0 Å². The molecule has 23 heavy (non-hydrogen) atoms. The lowest BCUT2D eigenvalue weighted by Crippen LogP contribution is -2.30. The van der Waals surface area contributed by atoms with Gasteiger partial charge in [0, 0.05) is 12.1 Å². The van der Waals surface area contributed by atoms with Gasteiger partial charge in [-0.3, -0.25) is 14.9 Å². The van der Waals surface area contributed by atoms with Crippen LogP contribution in [0.3, 0.4) is 0 Å². The molecule has 0 radical (unpaired) electrons. The highest BCUT2D eigenvalue weighted by atomic mass is 16.6. The number of nitro groups is 1. The van der Waals surface area contributed by atoms with Crippen molar-refractivity contribution >= 4 is 11.6 Å². The van der Waals surface area contributed by atoms with Crippen molar-refractivity contribution in [3.05, 3.63) is 51.4 Å². The number of benzene rings is 1. The van der Waals surface area contributed by atoms with Crippen molar-refractivity contribution in [2.75, 3.05) is 6.61 Å². The number of hydrogen-bond acceptors (Lipinski definition) is 7. The fourth-order valence-electron chi connectivity index (χ4n) is 2.23. The number of nitro benzene ring substituents is 1. The van der Waals surface area contributed by atoms with Gasteiger partial charge in [-0.25, -0.2) is 0 Å². The van der Waals surface area contributed by atoms with Crippen molar-refractivity contribution in [3.8, 4) is 6.07 Å². The van der Waals surface area contributed by atoms with Gasteiger partial charge in [-0.1, -0.05) is 0 Å². The van der Waals surface area contributed by atoms with E-state index in [1.54, 1.807) is 0 Å². The van der Waals surface area contributed by atoms with E-state index in [1.807, 2.05) is 6.07 Å². The third-order valence-electron chi connectivity index (χ3n) is 3.38. The first-order chi connectivity index (χ1) is 11.0. The Kier molecular flexibility index (Phi) is 4.78. The number of rotatable bonds is 5. The van der Waals surface area contributed by atoms with Gasteiger partial charge < -0.3 is 20.9 Å². The Morgan fingerprint density at radius 1 is 1.48 bits per heavy atom. The minimum atomic E-state index is -0.796. The average Bonchev–Trinajstić information content (AvgIpc) is 2.96. The molecule has 1 aliphatic rings. The summed E-state index contributed by atoms with van der Waals surface area (Å²) in [6.45, 7) is -0.302. The van der Waals surface area contributed by atoms with Crippen molar-refractivity contribution in [1.82, 2.24) is 5.32 Å². The molecule has 1 heterocycles. The van der Waals surface area contributed by atoms with Crippen molar-refractivity contribution in [2.45, 2.75) is 18.6 Å². The van der Waals surface area contributed by atoms with Crippen molar-refractivity contribution in [1.29, 1.82) is 5.26 Å². The van der Waals surface area contributed by atoms with E-state index in [4.69, 9.17) is 15.7 Å². The monoisotopic (exact) mass is 318 g/mol. The maximum Gasteiger partial charge on any atom is 0.269 e. The smallest absolute Gasteiger partial charge is 0.269 e. The highest BCUT2D eigenvalue weighted by molar-refractivity contribution is 5.92. The highest BCUT2D eigenvalue weighted by Gasteiger charge is 2.35. The van der Waals surface area contributed by atoms with E-state index in [-0.39, 0.29) is 30.2 Å². The van der Waals surface area contributed by atoms with Crippen LogP contribution < -0.4 is 11.1 Å². The molecule has 1 fully saturated rings. The van der Waals surface area contributed by atoms with Crippen LogP contribution in [0.4, 0.5) is 5.69 Å². The van der Waals surface area contributed by atoms with E-state index in [0.717, 1.165) is 0 Å². The predicted molar refractivity (Wildman–Crippen MR) is 77.4 cm³/mol. The number of nitrogens with two attached hydrogens (primary N) is 1. The van der Waals surface area contributed by atoms with E-state index < -0.39 is 23.0 Å². The zero-order valence-electron chi connectivity index (χ0n) is 11.9. The van der Waals surface area contributed by atoms with Crippen molar-refractivity contribution < 1.29 is 19.6 Å². The summed E-state index contributed by atoms with van der Waals surface area (Å²) in [6.07, 6.45) is -0.896. The Morgan fingerprint density at radius 3 is 2.61 bits per heavy atom. The summed E-state index contributed by atoms with van der Waals surface area (Å²) < 4.78 is 5.61. The number of primary amides is 1. The molecule has 0 spiro atoms. The number of non-ortho nitro benzene ring substituents is 1. The van der Waals surface area contributed by atoms with Crippen LogP contribution in [0.1, 0.15) is 18.1 Å². The molecular formula is C14H14N4O5. The number of carbonyl (C=O) groups excluding carboxylic acids is 1. The van der Waals surface area contributed by atoms with E-state index >= 15 is 0 Å². The molecule has 1 aromatic rings. The quantitative estimate of drug-likeness (QED) is 0.399. The lowest BCUT2D eigenvalue weighted by Gasteiger charge is -2.15. The number of amides is 1. The Labute approximate surface area is 131 Å². The van der Waals surface area contributed by atoms with Crippen LogP contribution in [0.25, 0.3) is 0 Å². The molecule has 1 aliphatic heterocycles. The molecule has 2 atom stereocenters. The topological polar surface area (TPSA) is 152 Å². The summed E-state index contributed by atoms with van der Waals surface area (Å²) in [4.78, 5) is 21.5. The summed E-state index contributed by atoms with van der Waals surface area (Å²) in [6, 6.07) is 6.89. The zero-order chi connectivity index (χ0) is 17.0. The minimum absolute atomic E-state index is 0.0182. The first-order valence-corrected chi connectivity index (χ1v) is 6.66. The maximum absolute atomic E-state index is 11.4. The third-order valence-corrected chi connectivity index (χ3v) is 3.38. The molecule has 4 N–H and O–H groups in total. The molecule has 0 aliphatic carbocycles. The molecule has 1 amide bonds. The minimum Gasteiger partial charge on any atom is -0.468 e. The molecule has 120 valence electrons. The second-order valence-corrected chi connectivity index (χ2v) is 4.83. The lowest BCUT2D eigenvalue weighted by molar-refractivity contribution is -0.384. The molecule has 2 rings (SSSR count). The summed E-state index contributed by atoms with van der Waals surface area (Å²) >= 11 is 0. The molecule has 0 aromatic heterocycles. The molecule has 1 aromatic carbocycles. The van der Waals surface area contributed by atoms with Crippen molar-refractivity contribution in [2.24, 2.45) is 5.73 Å². The second kappa shape index (κ2) is 6.76. The molecule has 0 bridgehead atoms. The van der Waals surface area contributed by atoms with E-state index in [1.165, 1.54) is 24.3 Å². The molecule has 9 nitrogen and oxygen atoms in total. The Balaban J connectivity index is 2.32. The number of nitrogens with zero attached hydrogens (tertiary/aromatic N) is 2. The number of carbonyl (C=O) groups is 1. The molecule has 9 heteroatoms. The SMILES string of the molecule is N#CC/C(C(N)=O)=C1/NC(CO)C(c2ccc([N+](=O)[O-])cc2)O1. The van der Waals surface area contributed by atoms with E-state index in [0.29, 0.717) is 5.56 Å². The van der Waals surface area contributed by atoms with Gasteiger partial charge in [0.2, 0.25) is 0 Å². The first-order valence-electron chi connectivity index (χ1n) is 6.66. The largest absolute Gasteiger partial charge is 0.468 e. The summed E-state index contributed by atoms with van der Waals surface area (Å²) in [5.41, 5.74) is 5.71. The zero-order valence-corrected chi connectivity index (χ0v) is 11.9. The van der Waals surface area contributed by atoms with Crippen molar-refractivity contribution in [3.63, 3.8) is 0 Å². The highest BCUT2D eigenvalue weighted by Crippen LogP contribution is 2.32. The fourth-order valence-corrected chi connectivity index (χ4v) is 2.23. The van der Waals surface area contributed by atoms with Crippen LogP contribution in [0.5, 0.6) is 0 Å². The Hall–Kier alpha value is -3.12. The fraction of sp³-hybridized carbons (Fsp3) is 0.286. The van der Waals surface area contributed by atoms with Gasteiger partial charge in [0.05, 0.1) is 35.6 Å². The number of nitriles is 1. The van der Waals surface area contributed by atoms with Gasteiger partial charge in [-0.15, -0.1) is 0 Å². The van der Waals surface area contributed by atoms with Crippen LogP contribution in [0.15, 0.2) is 35.7 Å². The normalized spacial score (nSPS) is 21.7. The number of hydrogen-bond donors (Lipinski definition) is 3. The molecule has 1 saturated heterocycles. The number of aliphatic hydroxyl groups is 1. The number of aliphatic hydroxyl groups excluding tert-OH is 1. The second-order valence-electron chi connectivity index (χ2n) is 4.83. The maximum atomic E-state index is 11.4. The van der Waals surface area contributed by atoms with Crippen LogP contribution in [0, 0.1) is 21.4 Å². The van der Waals surface area contributed by atoms with Gasteiger partial charge in [0.1, 0.15) is 6.10 Å². The van der Waals surface area contributed by atoms with Gasteiger partial charge in [0.15, 0.2) is 5.88 Å². The number of nitrogens with one attached hydrogen (secondary N) is 1. The van der Waals surface area contributed by atoms with Crippen LogP contribution in [-0.2, 0) is 9.53 Å². The van der Waals surface area contributed by atoms with E-state index in [2.05, 4.69) is 5.32 Å². The Bertz CT molecular complexity index is 692. The predicted octanol–water partition coefficient (Wildman–Crippen LogP) is 0.227. The summed E-state index contributed by atoms with van der Waals surface area (Å²) in [5.74, 6) is -0.753. The van der Waals surface area contributed by atoms with Gasteiger partial charge in [-0.2, -0.15) is 5.26 Å². The van der Waals surface area contributed by atoms with Crippen LogP contribution in [-0.4, -0.2) is 28.6 Å². The van der Waals surface area contributed by atoms with Gasteiger partial charge in [0.25, 0.3) is 11.6 Å². The summed E-state index contributed by atoms with van der Waals surface area (Å²) in [7, 11) is 0. The number of ether oxygens (including phenoxy) is 1. The standard InChI is InChI=1S/C14H14N4O5/c15-6-5-10(13(16)20)14-17-11(7-19)12(23-14)8-1-3-9(4-2-8)18(21)22/h1-4,11-12,17,19H,5,7H2,(H2,16,20)/b14-10+. The van der Waals surface area contributed by atoms with E-state index in [9.17, 15) is 20.0 Å². The molecular weight excluding hydrogens is 304 g/mol. The summed E-state index contributed by atoms with van der Waals surface area (Å²) in [5, 5.41) is 31.7. The Morgan fingerprint density at radius 2 is 2.13 bits per heavy atom. The van der Waals surface area contributed by atoms with Crippen LogP contribution >= 0.6 is 0 Å². The lowest BCUT2D eigenvalue weighted by atomic mass is 10.0. The van der Waals surface area contributed by atoms with Gasteiger partial charge >= 0.3 is 0 Å². The molecule has 0 saturated carbocycles.